The van der Waals surface area contributed by atoms with Crippen LogP contribution in [-0.2, 0) is 40.0 Å². The first-order valence-corrected chi connectivity index (χ1v) is 22.6. The predicted octanol–water partition coefficient (Wildman–Crippen LogP) is 6.65. The quantitative estimate of drug-likeness (QED) is 0.0382. The predicted molar refractivity (Wildman–Crippen MR) is 236 cm³/mol. The van der Waals surface area contributed by atoms with Crippen molar-refractivity contribution in [1.82, 2.24) is 24.6 Å². The van der Waals surface area contributed by atoms with Gasteiger partial charge in [-0.2, -0.15) is 9.97 Å². The summed E-state index contributed by atoms with van der Waals surface area (Å²) in [5.74, 6) is 0.176. The Morgan fingerprint density at radius 2 is 1.48 bits per heavy atom. The van der Waals surface area contributed by atoms with Crippen molar-refractivity contribution in [2.45, 2.75) is 57.0 Å². The van der Waals surface area contributed by atoms with Gasteiger partial charge >= 0.3 is 7.75 Å². The minimum absolute atomic E-state index is 0.0792. The van der Waals surface area contributed by atoms with Crippen molar-refractivity contribution in [3.8, 4) is 5.88 Å². The molecule has 17 heteroatoms. The van der Waals surface area contributed by atoms with Gasteiger partial charge in [0.15, 0.2) is 22.5 Å². The van der Waals surface area contributed by atoms with Crippen molar-refractivity contribution in [1.29, 1.82) is 0 Å². The van der Waals surface area contributed by atoms with Crippen LogP contribution in [0, 0.1) is 5.41 Å². The summed E-state index contributed by atoms with van der Waals surface area (Å²) in [7, 11) is -2.71. The van der Waals surface area contributed by atoms with Gasteiger partial charge in [-0.15, -0.1) is 0 Å². The number of aliphatic hydroxyl groups excluding tert-OH is 1. The minimum Gasteiger partial charge on any atom is -0.479 e. The number of aliphatic hydroxyl groups is 2. The van der Waals surface area contributed by atoms with Crippen LogP contribution in [0.4, 0.5) is 5.95 Å². The molecule has 0 radical (unpaired) electrons. The van der Waals surface area contributed by atoms with E-state index in [2.05, 4.69) is 20.0 Å². The highest BCUT2D eigenvalue weighted by Crippen LogP contribution is 2.47. The Morgan fingerprint density at radius 1 is 0.919 bits per heavy atom. The highest BCUT2D eigenvalue weighted by molar-refractivity contribution is 8.13. The SMILES string of the molecule is COc1nc(N)nc2c1ncn2[C@@H]1O[C@H](COP(=O)(NCc2ccccc2)OCCSC(=O)C(C)(C)COC(c2ccccc2)(c2ccccc2)c2ccccc2)[C@@H](O)[C@@]1(C)O. The molecule has 15 nitrogen and oxygen atoms in total. The average molecular weight is 883 g/mol. The van der Waals surface area contributed by atoms with E-state index in [0.717, 1.165) is 34.0 Å². The molecule has 2 aromatic heterocycles. The Bertz CT molecular complexity index is 2370. The number of carbonyl (C=O) groups is 1. The molecule has 0 saturated carbocycles. The van der Waals surface area contributed by atoms with Crippen molar-refractivity contribution < 1.29 is 42.8 Å². The van der Waals surface area contributed by atoms with Crippen LogP contribution in [0.15, 0.2) is 128 Å². The standard InChI is InChI=1S/C45H51N6O9PS/c1-43(2,29-57-45(32-19-11-6-12-20-32,33-21-13-7-14-22-33)34-23-15-8-16-24-34)41(53)62-26-25-58-61(55,48-27-31-17-9-5-10-18-31)59-28-35-37(52)44(3,54)40(60-35)51-30-47-36-38(51)49-42(46)50-39(36)56-4/h5-24,30,35,37,40,52,54H,25-29H2,1-4H3,(H,48,55)(H2,46,49,50)/t35-,37-,40-,44-,61?/m1/s1. The number of benzene rings is 4. The number of hydrogen-bond acceptors (Lipinski definition) is 14. The van der Waals surface area contributed by atoms with Crippen LogP contribution in [0.25, 0.3) is 11.2 Å². The number of fused-ring (bicyclic) bond motifs is 1. The van der Waals surface area contributed by atoms with Gasteiger partial charge < -0.3 is 30.2 Å². The van der Waals surface area contributed by atoms with Crippen LogP contribution < -0.4 is 15.6 Å². The lowest BCUT2D eigenvalue weighted by Gasteiger charge is -2.38. The van der Waals surface area contributed by atoms with Gasteiger partial charge in [0.05, 0.1) is 38.7 Å². The zero-order valence-corrected chi connectivity index (χ0v) is 36.6. The second-order valence-electron chi connectivity index (χ2n) is 15.6. The molecule has 7 rings (SSSR count). The van der Waals surface area contributed by atoms with Gasteiger partial charge in [0.1, 0.15) is 23.4 Å². The van der Waals surface area contributed by atoms with Gasteiger partial charge in [-0.3, -0.25) is 18.4 Å². The molecule has 62 heavy (non-hydrogen) atoms. The molecule has 1 fully saturated rings. The van der Waals surface area contributed by atoms with E-state index in [1.54, 1.807) is 0 Å². The van der Waals surface area contributed by atoms with Gasteiger partial charge in [0.25, 0.3) is 0 Å². The molecule has 0 bridgehead atoms. The Morgan fingerprint density at radius 3 is 2.05 bits per heavy atom. The number of rotatable bonds is 19. The summed E-state index contributed by atoms with van der Waals surface area (Å²) in [6, 6.07) is 39.1. The van der Waals surface area contributed by atoms with Crippen LogP contribution in [0.1, 0.15) is 49.3 Å². The molecule has 1 unspecified atom stereocenters. The molecule has 0 amide bonds. The maximum Gasteiger partial charge on any atom is 0.405 e. The maximum atomic E-state index is 14.3. The molecule has 3 heterocycles. The molecular weight excluding hydrogens is 832 g/mol. The van der Waals surface area contributed by atoms with Crippen molar-refractivity contribution in [2.24, 2.45) is 5.41 Å². The molecule has 1 aliphatic rings. The third-order valence-corrected chi connectivity index (χ3v) is 13.4. The number of ether oxygens (including phenoxy) is 3. The fraction of sp³-hybridized carbons (Fsp3) is 0.333. The summed E-state index contributed by atoms with van der Waals surface area (Å²) in [5, 5.41) is 25.5. The van der Waals surface area contributed by atoms with Gasteiger partial charge in [-0.05, 0) is 43.0 Å². The first-order valence-electron chi connectivity index (χ1n) is 20.0. The molecule has 5 atom stereocenters. The molecule has 5 N–H and O–H groups in total. The zero-order valence-electron chi connectivity index (χ0n) is 34.9. The highest BCUT2D eigenvalue weighted by atomic mass is 32.2. The number of nitrogens with one attached hydrogen (secondary N) is 1. The molecular formula is C45H51N6O9PS. The summed E-state index contributed by atoms with van der Waals surface area (Å²) in [6.07, 6.45) is -2.52. The Balaban J connectivity index is 1.02. The lowest BCUT2D eigenvalue weighted by molar-refractivity contribution is -0.124. The van der Waals surface area contributed by atoms with E-state index in [9.17, 15) is 19.6 Å². The van der Waals surface area contributed by atoms with Crippen molar-refractivity contribution in [2.75, 3.05) is 38.4 Å². The topological polar surface area (TPSA) is 202 Å². The first-order chi connectivity index (χ1) is 29.8. The number of thioether (sulfide) groups is 1. The summed E-state index contributed by atoms with van der Waals surface area (Å²) in [5.41, 5.74) is 6.11. The Hall–Kier alpha value is -5.00. The lowest BCUT2D eigenvalue weighted by Crippen LogP contribution is -2.44. The molecule has 1 saturated heterocycles. The van der Waals surface area contributed by atoms with Crippen LogP contribution in [0.5, 0.6) is 5.88 Å². The van der Waals surface area contributed by atoms with Crippen molar-refractivity contribution in [3.63, 3.8) is 0 Å². The highest BCUT2D eigenvalue weighted by Gasteiger charge is 2.54. The Labute approximate surface area is 364 Å². The van der Waals surface area contributed by atoms with E-state index in [-0.39, 0.29) is 53.6 Å². The maximum absolute atomic E-state index is 14.3. The second-order valence-corrected chi connectivity index (χ2v) is 18.5. The van der Waals surface area contributed by atoms with Gasteiger partial charge in [0, 0.05) is 12.3 Å². The molecule has 0 spiro atoms. The van der Waals surface area contributed by atoms with E-state index in [1.807, 2.05) is 135 Å². The van der Waals surface area contributed by atoms with E-state index in [1.165, 1.54) is 24.9 Å². The van der Waals surface area contributed by atoms with E-state index < -0.39 is 49.4 Å². The third-order valence-electron chi connectivity index (χ3n) is 10.7. The molecule has 0 aliphatic carbocycles. The van der Waals surface area contributed by atoms with Gasteiger partial charge in [-0.25, -0.2) is 14.6 Å². The van der Waals surface area contributed by atoms with E-state index in [0.29, 0.717) is 0 Å². The zero-order chi connectivity index (χ0) is 44.0. The number of imidazole rings is 1. The summed E-state index contributed by atoms with van der Waals surface area (Å²) in [6.45, 7) is 4.70. The monoisotopic (exact) mass is 882 g/mol. The molecule has 326 valence electrons. The van der Waals surface area contributed by atoms with Crippen LogP contribution in [-0.4, -0.2) is 85.3 Å². The summed E-state index contributed by atoms with van der Waals surface area (Å²) >= 11 is 1.04. The first kappa shape index (κ1) is 45.0. The number of hydrogen-bond donors (Lipinski definition) is 4. The summed E-state index contributed by atoms with van der Waals surface area (Å²) in [4.78, 5) is 26.5. The number of nitrogens with two attached hydrogens (primary N) is 1. The minimum atomic E-state index is -4.12. The largest absolute Gasteiger partial charge is 0.479 e. The lowest BCUT2D eigenvalue weighted by atomic mass is 9.79. The fourth-order valence-corrected chi connectivity index (χ4v) is 9.52. The fourth-order valence-electron chi connectivity index (χ4n) is 7.29. The number of nitrogens with zero attached hydrogens (tertiary/aromatic N) is 4. The van der Waals surface area contributed by atoms with Crippen LogP contribution in [0.2, 0.25) is 0 Å². The number of nitrogen functional groups attached to an aromatic ring is 1. The van der Waals surface area contributed by atoms with Crippen LogP contribution in [0.3, 0.4) is 0 Å². The molecule has 6 aromatic rings. The van der Waals surface area contributed by atoms with Gasteiger partial charge in [0.2, 0.25) is 11.8 Å². The normalized spacial score (nSPS) is 20.3. The smallest absolute Gasteiger partial charge is 0.405 e. The Kier molecular flexibility index (Phi) is 13.9. The average Bonchev–Trinajstić information content (AvgIpc) is 3.80. The van der Waals surface area contributed by atoms with E-state index in [4.69, 9.17) is 29.0 Å². The number of anilines is 1. The van der Waals surface area contributed by atoms with Crippen molar-refractivity contribution in [3.05, 3.63) is 150 Å². The summed E-state index contributed by atoms with van der Waals surface area (Å²) < 4.78 is 45.9. The molecule has 1 aliphatic heterocycles. The molecule has 4 aromatic carbocycles. The number of methoxy groups -OCH3 is 1. The third kappa shape index (κ3) is 9.64. The van der Waals surface area contributed by atoms with Crippen LogP contribution >= 0.6 is 19.5 Å². The van der Waals surface area contributed by atoms with Crippen molar-refractivity contribution >= 4 is 41.7 Å². The van der Waals surface area contributed by atoms with Gasteiger partial charge in [-0.1, -0.05) is 133 Å². The second kappa shape index (κ2) is 19.2. The number of carbonyl (C=O) groups excluding carboxylic acids is 1. The number of aromatic nitrogens is 4. The van der Waals surface area contributed by atoms with E-state index >= 15 is 0 Å².